The van der Waals surface area contributed by atoms with Crippen molar-refractivity contribution >= 4 is 34.2 Å². The van der Waals surface area contributed by atoms with Crippen LogP contribution in [0.3, 0.4) is 0 Å². The molecule has 0 radical (unpaired) electrons. The number of fused-ring (bicyclic) bond motifs is 1. The minimum absolute atomic E-state index is 0.144. The highest BCUT2D eigenvalue weighted by Crippen LogP contribution is 2.29. The van der Waals surface area contributed by atoms with E-state index in [9.17, 15) is 10.1 Å². The van der Waals surface area contributed by atoms with Gasteiger partial charge in [-0.3, -0.25) is 10.1 Å². The fourth-order valence-corrected chi connectivity index (χ4v) is 4.22. The van der Waals surface area contributed by atoms with Crippen LogP contribution in [0.2, 0.25) is 0 Å². The van der Waals surface area contributed by atoms with Crippen molar-refractivity contribution in [2.45, 2.75) is 0 Å². The summed E-state index contributed by atoms with van der Waals surface area (Å²) in [6.07, 6.45) is 0. The Morgan fingerprint density at radius 1 is 0.966 bits per heavy atom. The van der Waals surface area contributed by atoms with Gasteiger partial charge in [0.05, 0.1) is 4.92 Å². The van der Waals surface area contributed by atoms with E-state index in [1.54, 1.807) is 28.0 Å². The van der Waals surface area contributed by atoms with Crippen LogP contribution in [0, 0.1) is 10.1 Å². The summed E-state index contributed by atoms with van der Waals surface area (Å²) < 4.78 is 1.77. The van der Waals surface area contributed by atoms with Crippen molar-refractivity contribution in [2.75, 3.05) is 36.0 Å². The number of hydrogen-bond acceptors (Lipinski definition) is 8. The smallest absolute Gasteiger partial charge is 0.292 e. The summed E-state index contributed by atoms with van der Waals surface area (Å²) in [6.45, 7) is 2.81. The minimum atomic E-state index is -0.324. The molecule has 1 fully saturated rings. The Morgan fingerprint density at radius 3 is 2.52 bits per heavy atom. The fraction of sp³-hybridized carbons (Fsp3) is 0.211. The Kier molecular flexibility index (Phi) is 4.32. The Balaban J connectivity index is 1.38. The number of nitrogens with zero attached hydrogens (tertiary/aromatic N) is 7. The molecule has 0 spiro atoms. The molecule has 1 aliphatic heterocycles. The SMILES string of the molecule is O=[N+]([O-])c1ccccc1N1CCN(c2ccc3nnc(-c4ccsc4)n3n2)CC1. The highest BCUT2D eigenvalue weighted by Gasteiger charge is 2.24. The number of anilines is 2. The summed E-state index contributed by atoms with van der Waals surface area (Å²) in [5.74, 6) is 1.57. The maximum absolute atomic E-state index is 11.3. The standard InChI is InChI=1S/C19H17N7O2S/c27-26(28)16-4-2-1-3-15(16)23-8-10-24(11-9-23)18-6-5-17-20-21-19(25(17)22-18)14-7-12-29-13-14/h1-7,12-13H,8-11H2. The van der Waals surface area contributed by atoms with Crippen LogP contribution in [0.25, 0.3) is 17.0 Å². The van der Waals surface area contributed by atoms with Crippen LogP contribution in [0.1, 0.15) is 0 Å². The van der Waals surface area contributed by atoms with Gasteiger partial charge in [-0.05, 0) is 29.6 Å². The number of nitro benzene ring substituents is 1. The summed E-state index contributed by atoms with van der Waals surface area (Å²) >= 11 is 1.61. The van der Waals surface area contributed by atoms with Gasteiger partial charge in [0.25, 0.3) is 5.69 Å². The predicted octanol–water partition coefficient (Wildman–Crippen LogP) is 3.09. The van der Waals surface area contributed by atoms with Gasteiger partial charge in [0.1, 0.15) is 11.5 Å². The number of thiophene rings is 1. The molecule has 1 saturated heterocycles. The maximum atomic E-state index is 11.3. The van der Waals surface area contributed by atoms with E-state index in [4.69, 9.17) is 5.10 Å². The van der Waals surface area contributed by atoms with E-state index in [0.717, 1.165) is 30.3 Å². The highest BCUT2D eigenvalue weighted by atomic mass is 32.1. The molecule has 1 aliphatic rings. The fourth-order valence-electron chi connectivity index (χ4n) is 3.58. The van der Waals surface area contributed by atoms with Crippen molar-refractivity contribution in [2.24, 2.45) is 0 Å². The van der Waals surface area contributed by atoms with Crippen LogP contribution in [0.15, 0.2) is 53.2 Å². The molecule has 0 bridgehead atoms. The summed E-state index contributed by atoms with van der Waals surface area (Å²) in [5.41, 5.74) is 2.51. The van der Waals surface area contributed by atoms with E-state index in [-0.39, 0.29) is 10.6 Å². The van der Waals surface area contributed by atoms with Gasteiger partial charge in [-0.1, -0.05) is 12.1 Å². The van der Waals surface area contributed by atoms with Crippen LogP contribution >= 0.6 is 11.3 Å². The molecule has 0 unspecified atom stereocenters. The van der Waals surface area contributed by atoms with E-state index in [1.165, 1.54) is 0 Å². The van der Waals surface area contributed by atoms with Crippen LogP contribution in [-0.4, -0.2) is 50.9 Å². The number of rotatable bonds is 4. The summed E-state index contributed by atoms with van der Waals surface area (Å²) in [7, 11) is 0. The summed E-state index contributed by atoms with van der Waals surface area (Å²) in [4.78, 5) is 15.2. The zero-order valence-corrected chi connectivity index (χ0v) is 16.2. The first kappa shape index (κ1) is 17.6. The van der Waals surface area contributed by atoms with Gasteiger partial charge < -0.3 is 9.80 Å². The molecule has 29 heavy (non-hydrogen) atoms. The molecule has 9 nitrogen and oxygen atoms in total. The van der Waals surface area contributed by atoms with Crippen LogP contribution < -0.4 is 9.80 Å². The molecule has 0 atom stereocenters. The Labute approximate surface area is 170 Å². The van der Waals surface area contributed by atoms with Crippen molar-refractivity contribution in [1.82, 2.24) is 19.8 Å². The number of hydrogen-bond donors (Lipinski definition) is 0. The molecule has 146 valence electrons. The van der Waals surface area contributed by atoms with Crippen molar-refractivity contribution in [3.05, 3.63) is 63.3 Å². The van der Waals surface area contributed by atoms with Gasteiger partial charge in [0, 0.05) is 43.2 Å². The van der Waals surface area contributed by atoms with Gasteiger partial charge in [-0.2, -0.15) is 15.9 Å². The second kappa shape index (κ2) is 7.13. The molecule has 10 heteroatoms. The Hall–Kier alpha value is -3.53. The minimum Gasteiger partial charge on any atom is -0.362 e. The van der Waals surface area contributed by atoms with Gasteiger partial charge in [-0.25, -0.2) is 0 Å². The van der Waals surface area contributed by atoms with Crippen molar-refractivity contribution in [1.29, 1.82) is 0 Å². The first-order valence-electron chi connectivity index (χ1n) is 9.19. The van der Waals surface area contributed by atoms with Crippen molar-refractivity contribution < 1.29 is 4.92 Å². The maximum Gasteiger partial charge on any atom is 0.292 e. The van der Waals surface area contributed by atoms with Crippen LogP contribution in [0.4, 0.5) is 17.2 Å². The number of aromatic nitrogens is 4. The molecular formula is C19H17N7O2S. The summed E-state index contributed by atoms with van der Waals surface area (Å²) in [5, 5.41) is 28.6. The third-order valence-corrected chi connectivity index (χ3v) is 5.73. The van der Waals surface area contributed by atoms with Gasteiger partial charge in [0.15, 0.2) is 11.5 Å². The van der Waals surface area contributed by atoms with Gasteiger partial charge >= 0.3 is 0 Å². The van der Waals surface area contributed by atoms with E-state index < -0.39 is 0 Å². The van der Waals surface area contributed by atoms with Crippen molar-refractivity contribution in [3.8, 4) is 11.4 Å². The Bertz CT molecular complexity index is 1170. The second-order valence-corrected chi connectivity index (χ2v) is 7.50. The quantitative estimate of drug-likeness (QED) is 0.379. The monoisotopic (exact) mass is 407 g/mol. The molecule has 0 amide bonds. The zero-order chi connectivity index (χ0) is 19.8. The number of para-hydroxylation sites is 2. The first-order valence-corrected chi connectivity index (χ1v) is 10.1. The lowest BCUT2D eigenvalue weighted by Gasteiger charge is -2.36. The molecule has 4 aromatic rings. The third-order valence-electron chi connectivity index (χ3n) is 5.05. The van der Waals surface area contributed by atoms with E-state index in [1.807, 2.05) is 41.1 Å². The van der Waals surface area contributed by atoms with Gasteiger partial charge in [-0.15, -0.1) is 15.3 Å². The Morgan fingerprint density at radius 2 is 1.76 bits per heavy atom. The molecule has 1 aromatic carbocycles. The molecule has 5 rings (SSSR count). The van der Waals surface area contributed by atoms with Crippen molar-refractivity contribution in [3.63, 3.8) is 0 Å². The van der Waals surface area contributed by atoms with E-state index in [2.05, 4.69) is 20.0 Å². The zero-order valence-electron chi connectivity index (χ0n) is 15.4. The molecule has 4 heterocycles. The largest absolute Gasteiger partial charge is 0.362 e. The lowest BCUT2D eigenvalue weighted by molar-refractivity contribution is -0.384. The second-order valence-electron chi connectivity index (χ2n) is 6.72. The third kappa shape index (κ3) is 3.17. The lowest BCUT2D eigenvalue weighted by atomic mass is 10.2. The lowest BCUT2D eigenvalue weighted by Crippen LogP contribution is -2.47. The molecular weight excluding hydrogens is 390 g/mol. The van der Waals surface area contributed by atoms with Crippen LogP contribution in [0.5, 0.6) is 0 Å². The normalized spacial score (nSPS) is 14.5. The number of nitro groups is 1. The number of benzene rings is 1. The first-order chi connectivity index (χ1) is 14.2. The van der Waals surface area contributed by atoms with E-state index >= 15 is 0 Å². The summed E-state index contributed by atoms with van der Waals surface area (Å²) in [6, 6.07) is 12.8. The number of piperazine rings is 1. The topological polar surface area (TPSA) is 92.7 Å². The molecule has 0 aliphatic carbocycles. The van der Waals surface area contributed by atoms with Gasteiger partial charge in [0.2, 0.25) is 0 Å². The predicted molar refractivity (Wildman–Crippen MR) is 112 cm³/mol. The molecule has 3 aromatic heterocycles. The average Bonchev–Trinajstić information content (AvgIpc) is 3.43. The van der Waals surface area contributed by atoms with E-state index in [0.29, 0.717) is 24.4 Å². The molecule has 0 saturated carbocycles. The van der Waals surface area contributed by atoms with Crippen LogP contribution in [-0.2, 0) is 0 Å². The molecule has 0 N–H and O–H groups in total. The highest BCUT2D eigenvalue weighted by molar-refractivity contribution is 7.08. The average molecular weight is 407 g/mol.